The van der Waals surface area contributed by atoms with Gasteiger partial charge in [-0.2, -0.15) is 0 Å². The van der Waals surface area contributed by atoms with E-state index in [1.54, 1.807) is 6.07 Å². The summed E-state index contributed by atoms with van der Waals surface area (Å²) in [6.07, 6.45) is 0. The molecule has 0 spiro atoms. The summed E-state index contributed by atoms with van der Waals surface area (Å²) in [6.45, 7) is 4.94. The molecule has 7 nitrogen and oxygen atoms in total. The fraction of sp³-hybridized carbons (Fsp3) is 0.286. The van der Waals surface area contributed by atoms with E-state index in [-0.39, 0.29) is 16.5 Å². The number of halogens is 1. The van der Waals surface area contributed by atoms with E-state index in [0.717, 1.165) is 15.8 Å². The number of amides is 1. The molecule has 0 saturated carbocycles. The van der Waals surface area contributed by atoms with Crippen LogP contribution < -0.4 is 10.2 Å². The van der Waals surface area contributed by atoms with Gasteiger partial charge >= 0.3 is 0 Å². The van der Waals surface area contributed by atoms with Gasteiger partial charge in [-0.3, -0.25) is 14.9 Å². The van der Waals surface area contributed by atoms with Crippen molar-refractivity contribution in [3.8, 4) is 0 Å². The van der Waals surface area contributed by atoms with Crippen LogP contribution in [0.15, 0.2) is 42.5 Å². The molecule has 9 heteroatoms. The van der Waals surface area contributed by atoms with Crippen LogP contribution in [-0.4, -0.2) is 48.5 Å². The number of carbonyl (C=O) groups excluding carboxylic acids is 1. The van der Waals surface area contributed by atoms with Crippen molar-refractivity contribution in [3.05, 3.63) is 62.5 Å². The van der Waals surface area contributed by atoms with Gasteiger partial charge in [0.15, 0.2) is 0 Å². The number of nitro benzene ring substituents is 1. The van der Waals surface area contributed by atoms with Crippen molar-refractivity contribution in [1.82, 2.24) is 4.90 Å². The van der Waals surface area contributed by atoms with Gasteiger partial charge in [0.05, 0.1) is 9.95 Å². The Bertz CT molecular complexity index is 1110. The number of nitrogens with zero attached hydrogens (tertiary/aromatic N) is 3. The number of nitrogens with one attached hydrogen (secondary N) is 1. The maximum absolute atomic E-state index is 13.0. The average molecular weight is 445 g/mol. The van der Waals surface area contributed by atoms with Gasteiger partial charge in [0, 0.05) is 54.6 Å². The van der Waals surface area contributed by atoms with Crippen LogP contribution >= 0.6 is 22.9 Å². The van der Waals surface area contributed by atoms with E-state index < -0.39 is 0 Å². The molecule has 1 fully saturated rings. The Labute approximate surface area is 183 Å². The fourth-order valence-electron chi connectivity index (χ4n) is 3.67. The molecule has 156 valence electrons. The molecule has 2 heterocycles. The van der Waals surface area contributed by atoms with Crippen molar-refractivity contribution in [2.24, 2.45) is 0 Å². The number of benzene rings is 2. The van der Waals surface area contributed by atoms with Crippen LogP contribution in [0.2, 0.25) is 5.02 Å². The Morgan fingerprint density at radius 3 is 2.60 bits per heavy atom. The van der Waals surface area contributed by atoms with Crippen molar-refractivity contribution in [2.75, 3.05) is 42.9 Å². The Kier molecular flexibility index (Phi) is 5.78. The topological polar surface area (TPSA) is 78.7 Å². The van der Waals surface area contributed by atoms with Gasteiger partial charge in [-0.15, -0.1) is 11.3 Å². The minimum absolute atomic E-state index is 0.0436. The SMILES string of the molecule is CCNc1cc(N2CCN(C(=O)c3sc4ccccc4c3Cl)CC2)ccc1[N+](=O)[O-]. The predicted octanol–water partition coefficient (Wildman–Crippen LogP) is 4.86. The lowest BCUT2D eigenvalue weighted by Crippen LogP contribution is -2.48. The molecule has 1 aliphatic heterocycles. The van der Waals surface area contributed by atoms with Gasteiger partial charge in [-0.25, -0.2) is 0 Å². The maximum Gasteiger partial charge on any atom is 0.292 e. The second kappa shape index (κ2) is 8.49. The molecule has 0 unspecified atom stereocenters. The summed E-state index contributed by atoms with van der Waals surface area (Å²) in [5, 5.41) is 15.7. The molecule has 0 bridgehead atoms. The zero-order chi connectivity index (χ0) is 21.3. The van der Waals surface area contributed by atoms with Crippen LogP contribution in [0.25, 0.3) is 10.1 Å². The molecule has 1 aromatic heterocycles. The van der Waals surface area contributed by atoms with E-state index in [1.807, 2.05) is 42.2 Å². The normalized spacial score (nSPS) is 14.2. The third-order valence-corrected chi connectivity index (χ3v) is 6.87. The number of piperazine rings is 1. The van der Waals surface area contributed by atoms with Gasteiger partial charge in [0.1, 0.15) is 10.6 Å². The van der Waals surface area contributed by atoms with E-state index in [4.69, 9.17) is 11.6 Å². The molecule has 30 heavy (non-hydrogen) atoms. The third kappa shape index (κ3) is 3.80. The smallest absolute Gasteiger partial charge is 0.292 e. The molecule has 3 aromatic rings. The number of rotatable bonds is 5. The maximum atomic E-state index is 13.0. The number of hydrogen-bond acceptors (Lipinski definition) is 6. The number of nitro groups is 1. The highest BCUT2D eigenvalue weighted by Gasteiger charge is 2.27. The quantitative estimate of drug-likeness (QED) is 0.449. The first-order valence-electron chi connectivity index (χ1n) is 9.73. The molecule has 4 rings (SSSR count). The summed E-state index contributed by atoms with van der Waals surface area (Å²) in [4.78, 5) is 28.4. The Balaban J connectivity index is 1.48. The van der Waals surface area contributed by atoms with E-state index in [0.29, 0.717) is 48.3 Å². The second-order valence-corrected chi connectivity index (χ2v) is 8.44. The monoisotopic (exact) mass is 444 g/mol. The number of thiophene rings is 1. The fourth-order valence-corrected chi connectivity index (χ4v) is 5.15. The van der Waals surface area contributed by atoms with Crippen molar-refractivity contribution < 1.29 is 9.72 Å². The highest BCUT2D eigenvalue weighted by Crippen LogP contribution is 2.36. The average Bonchev–Trinajstić information content (AvgIpc) is 3.10. The number of anilines is 2. The summed E-state index contributed by atoms with van der Waals surface area (Å²) < 4.78 is 1.01. The molecular weight excluding hydrogens is 424 g/mol. The number of carbonyl (C=O) groups is 1. The molecule has 0 radical (unpaired) electrons. The Morgan fingerprint density at radius 1 is 1.20 bits per heavy atom. The van der Waals surface area contributed by atoms with Crippen molar-refractivity contribution >= 4 is 56.0 Å². The highest BCUT2D eigenvalue weighted by molar-refractivity contribution is 7.21. The van der Waals surface area contributed by atoms with Gasteiger partial charge in [-0.05, 0) is 25.1 Å². The largest absolute Gasteiger partial charge is 0.380 e. The summed E-state index contributed by atoms with van der Waals surface area (Å²) in [7, 11) is 0. The molecule has 1 aliphatic rings. The van der Waals surface area contributed by atoms with Crippen molar-refractivity contribution in [2.45, 2.75) is 6.92 Å². The third-order valence-electron chi connectivity index (χ3n) is 5.21. The van der Waals surface area contributed by atoms with Crippen LogP contribution in [0.1, 0.15) is 16.6 Å². The molecule has 1 N–H and O–H groups in total. The zero-order valence-electron chi connectivity index (χ0n) is 16.4. The Morgan fingerprint density at radius 2 is 1.93 bits per heavy atom. The first-order valence-corrected chi connectivity index (χ1v) is 10.9. The molecular formula is C21H21ClN4O3S. The summed E-state index contributed by atoms with van der Waals surface area (Å²) in [5.41, 5.74) is 1.48. The van der Waals surface area contributed by atoms with E-state index in [9.17, 15) is 14.9 Å². The van der Waals surface area contributed by atoms with Gasteiger partial charge in [0.25, 0.3) is 11.6 Å². The summed E-state index contributed by atoms with van der Waals surface area (Å²) in [5.74, 6) is -0.0436. The number of fused-ring (bicyclic) bond motifs is 1. The molecule has 0 atom stereocenters. The van der Waals surface area contributed by atoms with E-state index >= 15 is 0 Å². The van der Waals surface area contributed by atoms with Crippen molar-refractivity contribution in [3.63, 3.8) is 0 Å². The number of hydrogen-bond donors (Lipinski definition) is 1. The summed E-state index contributed by atoms with van der Waals surface area (Å²) in [6, 6.07) is 12.9. The van der Waals surface area contributed by atoms with Crippen LogP contribution in [0.4, 0.5) is 17.1 Å². The molecule has 1 amide bonds. The Hall–Kier alpha value is -2.84. The lowest BCUT2D eigenvalue weighted by atomic mass is 10.2. The van der Waals surface area contributed by atoms with E-state index in [1.165, 1.54) is 17.4 Å². The van der Waals surface area contributed by atoms with Crippen LogP contribution in [-0.2, 0) is 0 Å². The molecule has 2 aromatic carbocycles. The van der Waals surface area contributed by atoms with Gasteiger partial charge in [-0.1, -0.05) is 29.8 Å². The molecule has 1 saturated heterocycles. The van der Waals surface area contributed by atoms with Crippen LogP contribution in [0, 0.1) is 10.1 Å². The standard InChI is InChI=1S/C21H21ClN4O3S/c1-2-23-16-13-14(7-8-17(16)26(28)29)24-9-11-25(12-10-24)21(27)20-19(22)15-5-3-4-6-18(15)30-20/h3-8,13,23H,2,9-12H2,1H3. The van der Waals surface area contributed by atoms with Crippen LogP contribution in [0.5, 0.6) is 0 Å². The minimum Gasteiger partial charge on any atom is -0.380 e. The van der Waals surface area contributed by atoms with Crippen LogP contribution in [0.3, 0.4) is 0 Å². The predicted molar refractivity (Wildman–Crippen MR) is 122 cm³/mol. The minimum atomic E-state index is -0.382. The molecule has 0 aliphatic carbocycles. The van der Waals surface area contributed by atoms with E-state index in [2.05, 4.69) is 10.2 Å². The zero-order valence-corrected chi connectivity index (χ0v) is 18.0. The van der Waals surface area contributed by atoms with Gasteiger partial charge < -0.3 is 15.1 Å². The van der Waals surface area contributed by atoms with Crippen molar-refractivity contribution in [1.29, 1.82) is 0 Å². The summed E-state index contributed by atoms with van der Waals surface area (Å²) >= 11 is 7.90. The first kappa shape index (κ1) is 20.4. The first-order chi connectivity index (χ1) is 14.5. The lowest BCUT2D eigenvalue weighted by molar-refractivity contribution is -0.383. The van der Waals surface area contributed by atoms with Gasteiger partial charge in [0.2, 0.25) is 0 Å². The lowest BCUT2D eigenvalue weighted by Gasteiger charge is -2.36. The highest BCUT2D eigenvalue weighted by atomic mass is 35.5. The second-order valence-electron chi connectivity index (χ2n) is 7.01.